The Balaban J connectivity index is 1.81. The summed E-state index contributed by atoms with van der Waals surface area (Å²) in [5, 5.41) is 3.36. The van der Waals surface area contributed by atoms with E-state index in [0.717, 1.165) is 16.8 Å². The number of methoxy groups -OCH3 is 1. The normalized spacial score (nSPS) is 10.3. The molecule has 1 amide bonds. The van der Waals surface area contributed by atoms with E-state index in [0.29, 0.717) is 22.9 Å². The number of benzene rings is 1. The first kappa shape index (κ1) is 16.9. The maximum Gasteiger partial charge on any atom is 0.255 e. The topological polar surface area (TPSA) is 64.1 Å². The molecule has 3 aromatic rings. The van der Waals surface area contributed by atoms with Gasteiger partial charge in [0.1, 0.15) is 5.75 Å². The zero-order chi connectivity index (χ0) is 17.6. The van der Waals surface area contributed by atoms with Gasteiger partial charge in [0.05, 0.1) is 18.4 Å². The minimum Gasteiger partial charge on any atom is -0.496 e. The average Bonchev–Trinajstić information content (AvgIpc) is 2.67. The Kier molecular flexibility index (Phi) is 5.26. The van der Waals surface area contributed by atoms with Crippen molar-refractivity contribution in [1.82, 2.24) is 15.3 Å². The van der Waals surface area contributed by atoms with Gasteiger partial charge in [-0.2, -0.15) is 0 Å². The first-order valence-corrected chi connectivity index (χ1v) is 8.03. The molecular formula is C19H16ClN3O2. The minimum absolute atomic E-state index is 0.264. The minimum atomic E-state index is -0.264. The Morgan fingerprint density at radius 3 is 2.80 bits per heavy atom. The molecule has 0 aliphatic heterocycles. The molecule has 0 aliphatic carbocycles. The summed E-state index contributed by atoms with van der Waals surface area (Å²) in [5.41, 5.74) is 2.97. The van der Waals surface area contributed by atoms with Crippen LogP contribution in [0, 0.1) is 0 Å². The molecule has 0 unspecified atom stereocenters. The number of hydrogen-bond acceptors (Lipinski definition) is 4. The molecule has 0 fully saturated rings. The molecule has 0 atom stereocenters. The van der Waals surface area contributed by atoms with Gasteiger partial charge in [0.15, 0.2) is 0 Å². The Hall–Kier alpha value is -2.92. The lowest BCUT2D eigenvalue weighted by Gasteiger charge is -2.12. The van der Waals surface area contributed by atoms with Crippen molar-refractivity contribution >= 4 is 17.5 Å². The molecule has 5 nitrogen and oxygen atoms in total. The monoisotopic (exact) mass is 353 g/mol. The number of amides is 1. The number of nitrogens with one attached hydrogen (secondary N) is 1. The molecule has 1 aromatic carbocycles. The molecule has 0 radical (unpaired) electrons. The summed E-state index contributed by atoms with van der Waals surface area (Å²) in [6.07, 6.45) is 5.17. The quantitative estimate of drug-likeness (QED) is 0.759. The molecule has 6 heteroatoms. The lowest BCUT2D eigenvalue weighted by Crippen LogP contribution is -2.23. The van der Waals surface area contributed by atoms with Crippen molar-refractivity contribution in [2.24, 2.45) is 0 Å². The van der Waals surface area contributed by atoms with Crippen LogP contribution in [0.5, 0.6) is 5.75 Å². The fraction of sp³-hybridized carbons (Fsp3) is 0.105. The predicted molar refractivity (Wildman–Crippen MR) is 96.6 cm³/mol. The van der Waals surface area contributed by atoms with Crippen LogP contribution in [0.4, 0.5) is 0 Å². The van der Waals surface area contributed by atoms with Gasteiger partial charge in [-0.15, -0.1) is 0 Å². The van der Waals surface area contributed by atoms with Gasteiger partial charge in [0.2, 0.25) is 0 Å². The molecule has 0 saturated carbocycles. The van der Waals surface area contributed by atoms with Gasteiger partial charge in [0, 0.05) is 35.7 Å². The third kappa shape index (κ3) is 3.95. The van der Waals surface area contributed by atoms with E-state index in [9.17, 15) is 4.79 Å². The summed E-state index contributed by atoms with van der Waals surface area (Å²) in [6.45, 7) is 0.326. The molecular weight excluding hydrogens is 338 g/mol. The zero-order valence-corrected chi connectivity index (χ0v) is 14.3. The number of hydrogen-bond donors (Lipinski definition) is 1. The second-order valence-electron chi connectivity index (χ2n) is 5.28. The van der Waals surface area contributed by atoms with Crippen LogP contribution in [-0.4, -0.2) is 23.0 Å². The number of nitrogens with zero attached hydrogens (tertiary/aromatic N) is 2. The van der Waals surface area contributed by atoms with E-state index in [-0.39, 0.29) is 5.91 Å². The van der Waals surface area contributed by atoms with Gasteiger partial charge < -0.3 is 10.1 Å². The van der Waals surface area contributed by atoms with Gasteiger partial charge in [-0.3, -0.25) is 14.8 Å². The highest BCUT2D eigenvalue weighted by Crippen LogP contribution is 2.23. The number of halogens is 1. The molecule has 0 spiro atoms. The van der Waals surface area contributed by atoms with Crippen LogP contribution in [0.1, 0.15) is 15.9 Å². The van der Waals surface area contributed by atoms with Crippen LogP contribution in [0.3, 0.4) is 0 Å². The van der Waals surface area contributed by atoms with Crippen LogP contribution < -0.4 is 10.1 Å². The van der Waals surface area contributed by atoms with E-state index in [1.54, 1.807) is 36.8 Å². The number of aromatic nitrogens is 2. The van der Waals surface area contributed by atoms with Gasteiger partial charge in [-0.25, -0.2) is 0 Å². The van der Waals surface area contributed by atoms with Crippen molar-refractivity contribution in [2.75, 3.05) is 7.11 Å². The summed E-state index contributed by atoms with van der Waals surface area (Å²) in [7, 11) is 1.52. The Labute approximate surface area is 150 Å². The summed E-state index contributed by atoms with van der Waals surface area (Å²) < 4.78 is 5.23. The van der Waals surface area contributed by atoms with Gasteiger partial charge >= 0.3 is 0 Å². The van der Waals surface area contributed by atoms with E-state index in [1.165, 1.54) is 7.11 Å². The summed E-state index contributed by atoms with van der Waals surface area (Å²) in [4.78, 5) is 21.0. The van der Waals surface area contributed by atoms with E-state index in [2.05, 4.69) is 15.3 Å². The van der Waals surface area contributed by atoms with Crippen molar-refractivity contribution in [2.45, 2.75) is 6.54 Å². The van der Waals surface area contributed by atoms with Crippen molar-refractivity contribution in [3.05, 3.63) is 77.2 Å². The third-order valence-electron chi connectivity index (χ3n) is 3.67. The number of carbonyl (C=O) groups excluding carboxylic acids is 1. The van der Waals surface area contributed by atoms with E-state index >= 15 is 0 Å². The van der Waals surface area contributed by atoms with Crippen LogP contribution in [0.2, 0.25) is 5.02 Å². The Morgan fingerprint density at radius 2 is 2.04 bits per heavy atom. The van der Waals surface area contributed by atoms with Crippen LogP contribution >= 0.6 is 11.6 Å². The molecule has 126 valence electrons. The maximum absolute atomic E-state index is 12.5. The standard InChI is InChI=1S/C19H16ClN3O2/c1-25-17-7-6-15(20)10-16(17)19(24)23-12-14-5-3-9-22-18(14)13-4-2-8-21-11-13/h2-11H,12H2,1H3,(H,23,24). The molecule has 25 heavy (non-hydrogen) atoms. The summed E-state index contributed by atoms with van der Waals surface area (Å²) in [6, 6.07) is 12.5. The molecule has 0 saturated heterocycles. The molecule has 1 N–H and O–H groups in total. The predicted octanol–water partition coefficient (Wildman–Crippen LogP) is 3.74. The fourth-order valence-corrected chi connectivity index (χ4v) is 2.64. The van der Waals surface area contributed by atoms with Gasteiger partial charge in [0.25, 0.3) is 5.91 Å². The zero-order valence-electron chi connectivity index (χ0n) is 13.6. The van der Waals surface area contributed by atoms with Gasteiger partial charge in [-0.05, 0) is 42.0 Å². The fourth-order valence-electron chi connectivity index (χ4n) is 2.47. The third-order valence-corrected chi connectivity index (χ3v) is 3.91. The largest absolute Gasteiger partial charge is 0.496 e. The number of carbonyl (C=O) groups is 1. The molecule has 2 aromatic heterocycles. The number of ether oxygens (including phenoxy) is 1. The molecule has 0 bridgehead atoms. The van der Waals surface area contributed by atoms with Crippen LogP contribution in [-0.2, 0) is 6.54 Å². The second kappa shape index (κ2) is 7.77. The molecule has 3 rings (SSSR count). The lowest BCUT2D eigenvalue weighted by molar-refractivity contribution is 0.0948. The van der Waals surface area contributed by atoms with E-state index in [1.807, 2.05) is 24.3 Å². The number of pyridine rings is 2. The van der Waals surface area contributed by atoms with Crippen molar-refractivity contribution in [1.29, 1.82) is 0 Å². The van der Waals surface area contributed by atoms with Crippen LogP contribution in [0.15, 0.2) is 61.1 Å². The maximum atomic E-state index is 12.5. The van der Waals surface area contributed by atoms with Crippen molar-refractivity contribution < 1.29 is 9.53 Å². The van der Waals surface area contributed by atoms with Gasteiger partial charge in [-0.1, -0.05) is 17.7 Å². The second-order valence-corrected chi connectivity index (χ2v) is 5.72. The Morgan fingerprint density at radius 1 is 1.20 bits per heavy atom. The lowest BCUT2D eigenvalue weighted by atomic mass is 10.1. The molecule has 0 aliphatic rings. The Bertz CT molecular complexity index is 885. The van der Waals surface area contributed by atoms with Crippen molar-refractivity contribution in [3.8, 4) is 17.0 Å². The highest BCUT2D eigenvalue weighted by molar-refractivity contribution is 6.31. The highest BCUT2D eigenvalue weighted by atomic mass is 35.5. The first-order chi connectivity index (χ1) is 12.2. The number of rotatable bonds is 5. The summed E-state index contributed by atoms with van der Waals surface area (Å²) >= 11 is 5.99. The van der Waals surface area contributed by atoms with E-state index in [4.69, 9.17) is 16.3 Å². The average molecular weight is 354 g/mol. The van der Waals surface area contributed by atoms with Crippen LogP contribution in [0.25, 0.3) is 11.3 Å². The first-order valence-electron chi connectivity index (χ1n) is 7.65. The molecule has 2 heterocycles. The summed E-state index contributed by atoms with van der Waals surface area (Å²) in [5.74, 6) is 0.209. The van der Waals surface area contributed by atoms with E-state index < -0.39 is 0 Å². The van der Waals surface area contributed by atoms with Crippen molar-refractivity contribution in [3.63, 3.8) is 0 Å². The SMILES string of the molecule is COc1ccc(Cl)cc1C(=O)NCc1cccnc1-c1cccnc1. The highest BCUT2D eigenvalue weighted by Gasteiger charge is 2.14. The smallest absolute Gasteiger partial charge is 0.255 e.